The minimum absolute atomic E-state index is 0.0744. The normalized spacial score (nSPS) is 15.6. The number of aromatic amines is 1. The number of H-pyrrole nitrogens is 1. The first-order valence-electron chi connectivity index (χ1n) is 14.0. The number of hydrogen-bond donors (Lipinski definition) is 3. The molecule has 41 heavy (non-hydrogen) atoms. The van der Waals surface area contributed by atoms with Crippen LogP contribution in [0.2, 0.25) is 0 Å². The summed E-state index contributed by atoms with van der Waals surface area (Å²) in [7, 11) is 0. The monoisotopic (exact) mass is 553 g/mol. The molecule has 4 aromatic rings. The molecule has 3 amide bonds. The lowest BCUT2D eigenvalue weighted by atomic mass is 10.0. The van der Waals surface area contributed by atoms with E-state index >= 15 is 0 Å². The van der Waals surface area contributed by atoms with Crippen LogP contribution in [0.25, 0.3) is 10.9 Å². The first-order valence-corrected chi connectivity index (χ1v) is 14.0. The van der Waals surface area contributed by atoms with Gasteiger partial charge in [0.05, 0.1) is 0 Å². The van der Waals surface area contributed by atoms with E-state index in [9.17, 15) is 9.59 Å². The number of rotatable bonds is 7. The fourth-order valence-corrected chi connectivity index (χ4v) is 5.68. The van der Waals surface area contributed by atoms with Crippen molar-refractivity contribution in [1.29, 1.82) is 0 Å². The van der Waals surface area contributed by atoms with Gasteiger partial charge in [-0.05, 0) is 54.3 Å². The summed E-state index contributed by atoms with van der Waals surface area (Å²) in [6.07, 6.45) is 2.32. The highest BCUT2D eigenvalue weighted by Crippen LogP contribution is 2.33. The van der Waals surface area contributed by atoms with Crippen LogP contribution in [0.5, 0.6) is 11.5 Å². The van der Waals surface area contributed by atoms with E-state index in [2.05, 4.69) is 26.6 Å². The smallest absolute Gasteiger partial charge is 0.319 e. The molecular formula is C32H35N5O4. The second-order valence-corrected chi connectivity index (χ2v) is 10.8. The Kier molecular flexibility index (Phi) is 7.52. The molecule has 1 unspecified atom stereocenters. The van der Waals surface area contributed by atoms with Crippen molar-refractivity contribution < 1.29 is 19.1 Å². The van der Waals surface area contributed by atoms with E-state index in [1.165, 1.54) is 0 Å². The van der Waals surface area contributed by atoms with E-state index in [4.69, 9.17) is 9.47 Å². The van der Waals surface area contributed by atoms with Crippen molar-refractivity contribution in [2.75, 3.05) is 38.3 Å². The van der Waals surface area contributed by atoms with Crippen LogP contribution < -0.4 is 20.1 Å². The quantitative estimate of drug-likeness (QED) is 0.311. The minimum atomic E-state index is -0.709. The van der Waals surface area contributed by atoms with Crippen molar-refractivity contribution in [3.63, 3.8) is 0 Å². The molecule has 3 heterocycles. The Labute approximate surface area is 239 Å². The Balaban J connectivity index is 1.14. The third-order valence-electron chi connectivity index (χ3n) is 7.95. The first kappa shape index (κ1) is 26.7. The van der Waals surface area contributed by atoms with Gasteiger partial charge in [-0.15, -0.1) is 0 Å². The molecule has 0 saturated carbocycles. The zero-order valence-electron chi connectivity index (χ0n) is 23.4. The Bertz CT molecular complexity index is 1550. The number of piperazine rings is 1. The highest BCUT2D eigenvalue weighted by molar-refractivity contribution is 5.95. The van der Waals surface area contributed by atoms with Gasteiger partial charge in [-0.3, -0.25) is 9.69 Å². The molecule has 0 spiro atoms. The number of aromatic nitrogens is 1. The summed E-state index contributed by atoms with van der Waals surface area (Å²) in [6.45, 7) is 7.62. The predicted molar refractivity (Wildman–Crippen MR) is 158 cm³/mol. The molecule has 0 aliphatic carbocycles. The average Bonchev–Trinajstić information content (AvgIpc) is 3.62. The fraction of sp³-hybridized carbons (Fsp3) is 0.312. The average molecular weight is 554 g/mol. The molecule has 3 aromatic carbocycles. The number of amides is 3. The Morgan fingerprint density at radius 1 is 0.927 bits per heavy atom. The van der Waals surface area contributed by atoms with Gasteiger partial charge in [0.2, 0.25) is 12.7 Å². The molecule has 1 saturated heterocycles. The van der Waals surface area contributed by atoms with Crippen LogP contribution in [0.4, 0.5) is 10.5 Å². The van der Waals surface area contributed by atoms with Crippen LogP contribution in [0.1, 0.15) is 22.3 Å². The lowest BCUT2D eigenvalue weighted by molar-refractivity contribution is -0.135. The molecule has 6 rings (SSSR count). The number of hydrogen-bond acceptors (Lipinski definition) is 5. The van der Waals surface area contributed by atoms with Crippen LogP contribution in [0, 0.1) is 13.8 Å². The van der Waals surface area contributed by atoms with Crippen molar-refractivity contribution in [2.24, 2.45) is 0 Å². The van der Waals surface area contributed by atoms with Crippen molar-refractivity contribution in [2.45, 2.75) is 32.9 Å². The van der Waals surface area contributed by atoms with Gasteiger partial charge in [0, 0.05) is 61.9 Å². The molecule has 0 radical (unpaired) electrons. The maximum atomic E-state index is 13.9. The van der Waals surface area contributed by atoms with Crippen LogP contribution in [0.15, 0.2) is 66.9 Å². The lowest BCUT2D eigenvalue weighted by Crippen LogP contribution is -2.55. The molecule has 2 aliphatic heterocycles. The summed E-state index contributed by atoms with van der Waals surface area (Å²) in [5, 5.41) is 7.03. The number of carbonyl (C=O) groups excluding carboxylic acids is 2. The van der Waals surface area contributed by atoms with Crippen LogP contribution in [0.3, 0.4) is 0 Å². The van der Waals surface area contributed by atoms with E-state index in [0.29, 0.717) is 19.5 Å². The SMILES string of the molecule is Cc1cccc(C)c1NC(=O)NC(Cc1c[nH]c2ccccc12)C(=O)N1CCN(Cc2ccc3c(c2)OCO3)CC1. The highest BCUT2D eigenvalue weighted by atomic mass is 16.7. The molecule has 9 heteroatoms. The number of benzene rings is 3. The number of fused-ring (bicyclic) bond motifs is 2. The van der Waals surface area contributed by atoms with Crippen LogP contribution in [-0.4, -0.2) is 65.7 Å². The second-order valence-electron chi connectivity index (χ2n) is 10.8. The molecule has 3 N–H and O–H groups in total. The number of para-hydroxylation sites is 2. The lowest BCUT2D eigenvalue weighted by Gasteiger charge is -2.36. The third kappa shape index (κ3) is 5.85. The van der Waals surface area contributed by atoms with Gasteiger partial charge in [-0.1, -0.05) is 42.5 Å². The first-order chi connectivity index (χ1) is 19.9. The molecule has 212 valence electrons. The summed E-state index contributed by atoms with van der Waals surface area (Å²) >= 11 is 0. The molecule has 1 fully saturated rings. The third-order valence-corrected chi connectivity index (χ3v) is 7.95. The summed E-state index contributed by atoms with van der Waals surface area (Å²) < 4.78 is 10.9. The molecule has 9 nitrogen and oxygen atoms in total. The minimum Gasteiger partial charge on any atom is -0.454 e. The standard InChI is InChI=1S/C32H35N5O4/c1-21-6-5-7-22(2)30(21)35-32(39)34-27(17-24-18-33-26-9-4-3-8-25(24)26)31(38)37-14-12-36(13-15-37)19-23-10-11-28-29(16-23)41-20-40-28/h3-11,16,18,27,33H,12-15,17,19-20H2,1-2H3,(H2,34,35,39). The zero-order chi connectivity index (χ0) is 28.3. The van der Waals surface area contributed by atoms with E-state index in [1.807, 2.05) is 79.5 Å². The van der Waals surface area contributed by atoms with Crippen LogP contribution >= 0.6 is 0 Å². The largest absolute Gasteiger partial charge is 0.454 e. The molecule has 0 bridgehead atoms. The number of nitrogens with one attached hydrogen (secondary N) is 3. The van der Waals surface area contributed by atoms with Crippen molar-refractivity contribution in [3.8, 4) is 11.5 Å². The zero-order valence-corrected chi connectivity index (χ0v) is 23.4. The van der Waals surface area contributed by atoms with Gasteiger partial charge in [0.25, 0.3) is 0 Å². The topological polar surface area (TPSA) is 98.9 Å². The van der Waals surface area contributed by atoms with Gasteiger partial charge in [-0.2, -0.15) is 0 Å². The van der Waals surface area contributed by atoms with Gasteiger partial charge < -0.3 is 30.0 Å². The van der Waals surface area contributed by atoms with E-state index < -0.39 is 6.04 Å². The molecular weight excluding hydrogens is 518 g/mol. The molecule has 1 atom stereocenters. The number of ether oxygens (including phenoxy) is 2. The van der Waals surface area contributed by atoms with Crippen molar-refractivity contribution >= 4 is 28.5 Å². The summed E-state index contributed by atoms with van der Waals surface area (Å²) in [5.74, 6) is 1.48. The van der Waals surface area contributed by atoms with Gasteiger partial charge in [0.15, 0.2) is 11.5 Å². The molecule has 1 aromatic heterocycles. The maximum absolute atomic E-state index is 13.9. The Morgan fingerprint density at radius 3 is 2.49 bits per heavy atom. The van der Waals surface area contributed by atoms with Crippen LogP contribution in [-0.2, 0) is 17.8 Å². The van der Waals surface area contributed by atoms with Crippen molar-refractivity contribution in [1.82, 2.24) is 20.1 Å². The predicted octanol–water partition coefficient (Wildman–Crippen LogP) is 4.59. The maximum Gasteiger partial charge on any atom is 0.319 e. The fourth-order valence-electron chi connectivity index (χ4n) is 5.68. The summed E-state index contributed by atoms with van der Waals surface area (Å²) in [5.41, 5.74) is 5.85. The second kappa shape index (κ2) is 11.5. The van der Waals surface area contributed by atoms with Gasteiger partial charge in [-0.25, -0.2) is 4.79 Å². The Morgan fingerprint density at radius 2 is 1.68 bits per heavy atom. The number of nitrogens with zero attached hydrogens (tertiary/aromatic N) is 2. The van der Waals surface area contributed by atoms with E-state index in [0.717, 1.165) is 70.0 Å². The molecule has 2 aliphatic rings. The van der Waals surface area contributed by atoms with Gasteiger partial charge >= 0.3 is 6.03 Å². The van der Waals surface area contributed by atoms with Crippen molar-refractivity contribution in [3.05, 3.63) is 89.1 Å². The highest BCUT2D eigenvalue weighted by Gasteiger charge is 2.30. The summed E-state index contributed by atoms with van der Waals surface area (Å²) in [4.78, 5) is 34.6. The van der Waals surface area contributed by atoms with E-state index in [-0.39, 0.29) is 18.7 Å². The Hall–Kier alpha value is -4.50. The number of aryl methyl sites for hydroxylation is 2. The number of urea groups is 1. The van der Waals surface area contributed by atoms with E-state index in [1.54, 1.807) is 0 Å². The van der Waals surface area contributed by atoms with Gasteiger partial charge in [0.1, 0.15) is 6.04 Å². The number of carbonyl (C=O) groups is 2. The summed E-state index contributed by atoms with van der Waals surface area (Å²) in [6, 6.07) is 18.8. The number of anilines is 1.